The summed E-state index contributed by atoms with van der Waals surface area (Å²) in [5.41, 5.74) is -1.09. The number of halogens is 4. The summed E-state index contributed by atoms with van der Waals surface area (Å²) in [7, 11) is 0. The Morgan fingerprint density at radius 2 is 1.95 bits per heavy atom. The number of carbonyl (C=O) groups is 1. The molecule has 0 spiro atoms. The summed E-state index contributed by atoms with van der Waals surface area (Å²) in [6, 6.07) is 0. The van der Waals surface area contributed by atoms with Gasteiger partial charge in [-0.3, -0.25) is 9.48 Å². The van der Waals surface area contributed by atoms with E-state index >= 15 is 0 Å². The van der Waals surface area contributed by atoms with Gasteiger partial charge in [-0.1, -0.05) is 27.7 Å². The Morgan fingerprint density at radius 3 is 2.41 bits per heavy atom. The molecule has 1 fully saturated rings. The summed E-state index contributed by atoms with van der Waals surface area (Å²) in [4.78, 5) is 11.0. The molecular weight excluding hydrogens is 300 g/mol. The summed E-state index contributed by atoms with van der Waals surface area (Å²) in [5, 5.41) is 3.51. The molecule has 1 aromatic heterocycles. The summed E-state index contributed by atoms with van der Waals surface area (Å²) in [6.45, 7) is 5.08. The van der Waals surface area contributed by atoms with E-state index in [1.54, 1.807) is 0 Å². The molecule has 7 heteroatoms. The van der Waals surface area contributed by atoms with E-state index in [9.17, 15) is 22.4 Å². The molecule has 2 unspecified atom stereocenters. The molecule has 22 heavy (non-hydrogen) atoms. The first-order valence-corrected chi connectivity index (χ1v) is 7.02. The van der Waals surface area contributed by atoms with Crippen molar-refractivity contribution in [2.75, 3.05) is 0 Å². The van der Waals surface area contributed by atoms with Crippen LogP contribution in [0.2, 0.25) is 0 Å². The van der Waals surface area contributed by atoms with E-state index in [1.165, 1.54) is 13.3 Å². The van der Waals surface area contributed by atoms with Crippen molar-refractivity contribution in [3.8, 4) is 0 Å². The summed E-state index contributed by atoms with van der Waals surface area (Å²) >= 11 is 0. The van der Waals surface area contributed by atoms with Crippen LogP contribution in [0, 0.1) is 5.92 Å². The first-order valence-electron chi connectivity index (χ1n) is 7.02. The lowest BCUT2D eigenvalue weighted by molar-refractivity contribution is -0.118. The van der Waals surface area contributed by atoms with Crippen molar-refractivity contribution in [2.45, 2.75) is 65.9 Å². The number of ketones is 1. The van der Waals surface area contributed by atoms with Crippen molar-refractivity contribution in [2.24, 2.45) is 5.92 Å². The lowest BCUT2D eigenvalue weighted by Gasteiger charge is -2.14. The molecule has 0 aliphatic heterocycles. The van der Waals surface area contributed by atoms with Gasteiger partial charge in [-0.05, 0) is 19.3 Å². The van der Waals surface area contributed by atoms with E-state index in [-0.39, 0.29) is 26.0 Å². The highest BCUT2D eigenvalue weighted by Gasteiger charge is 2.67. The Kier molecular flexibility index (Phi) is 5.41. The van der Waals surface area contributed by atoms with Gasteiger partial charge in [0.2, 0.25) is 0 Å². The molecule has 2 aliphatic carbocycles. The fourth-order valence-electron chi connectivity index (χ4n) is 2.79. The van der Waals surface area contributed by atoms with Gasteiger partial charge < -0.3 is 0 Å². The van der Waals surface area contributed by atoms with Crippen LogP contribution in [0.25, 0.3) is 0 Å². The van der Waals surface area contributed by atoms with Gasteiger partial charge in [0, 0.05) is 11.5 Å². The van der Waals surface area contributed by atoms with Gasteiger partial charge in [-0.15, -0.1) is 0 Å². The van der Waals surface area contributed by atoms with Gasteiger partial charge in [-0.2, -0.15) is 13.9 Å². The van der Waals surface area contributed by atoms with Gasteiger partial charge >= 0.3 is 0 Å². The molecule has 0 amide bonds. The van der Waals surface area contributed by atoms with Crippen LogP contribution in [0.5, 0.6) is 0 Å². The number of hydrogen-bond acceptors (Lipinski definition) is 2. The molecule has 1 aromatic rings. The number of Topliss-reactive ketones (excluding diaryl/α,β-unsaturated/α-hetero) is 1. The lowest BCUT2D eigenvalue weighted by Crippen LogP contribution is -2.22. The summed E-state index contributed by atoms with van der Waals surface area (Å²) in [6.07, 6.45) is -1.41. The predicted molar refractivity (Wildman–Crippen MR) is 75.3 cm³/mol. The molecule has 0 N–H and O–H groups in total. The van der Waals surface area contributed by atoms with E-state index < -0.39 is 41.4 Å². The number of alkyl halides is 4. The maximum absolute atomic E-state index is 13.9. The Hall–Kier alpha value is -1.40. The van der Waals surface area contributed by atoms with Crippen molar-refractivity contribution in [3.05, 3.63) is 17.0 Å². The zero-order valence-electron chi connectivity index (χ0n) is 12.2. The Bertz CT molecular complexity index is 554. The maximum Gasteiger partial charge on any atom is 0.293 e. The highest BCUT2D eigenvalue weighted by atomic mass is 19.3. The molecule has 126 valence electrons. The third-order valence-electron chi connectivity index (χ3n) is 3.54. The molecule has 0 saturated heterocycles. The van der Waals surface area contributed by atoms with Crippen LogP contribution in [-0.2, 0) is 17.3 Å². The molecular formula is C15H22F4N2O. The fraction of sp³-hybridized carbons (Fsp3) is 0.733. The smallest absolute Gasteiger partial charge is 0.293 e. The SMILES string of the molecule is C.CC(=O)Cn1nc(C(F)F)c2c1C(F)(F)C1CC21.CCC. The maximum atomic E-state index is 13.9. The molecule has 1 saturated carbocycles. The van der Waals surface area contributed by atoms with Crippen molar-refractivity contribution in [1.82, 2.24) is 9.78 Å². The monoisotopic (exact) mass is 322 g/mol. The second-order valence-electron chi connectivity index (χ2n) is 5.59. The number of carbonyl (C=O) groups excluding carboxylic acids is 1. The van der Waals surface area contributed by atoms with E-state index in [4.69, 9.17) is 0 Å². The van der Waals surface area contributed by atoms with Gasteiger partial charge in [0.25, 0.3) is 12.3 Å². The van der Waals surface area contributed by atoms with Crippen molar-refractivity contribution in [3.63, 3.8) is 0 Å². The van der Waals surface area contributed by atoms with Crippen molar-refractivity contribution < 1.29 is 22.4 Å². The van der Waals surface area contributed by atoms with Gasteiger partial charge in [0.1, 0.15) is 11.4 Å². The van der Waals surface area contributed by atoms with Crippen LogP contribution in [0.4, 0.5) is 17.6 Å². The topological polar surface area (TPSA) is 34.9 Å². The van der Waals surface area contributed by atoms with E-state index in [0.29, 0.717) is 0 Å². The molecule has 0 radical (unpaired) electrons. The zero-order valence-corrected chi connectivity index (χ0v) is 12.2. The molecule has 2 atom stereocenters. The van der Waals surface area contributed by atoms with Crippen molar-refractivity contribution >= 4 is 5.78 Å². The average Bonchev–Trinajstić information content (AvgIpc) is 3.00. The highest BCUT2D eigenvalue weighted by Crippen LogP contribution is 2.68. The van der Waals surface area contributed by atoms with Crippen LogP contribution in [0.15, 0.2) is 0 Å². The quantitative estimate of drug-likeness (QED) is 0.758. The number of hydrogen-bond donors (Lipinski definition) is 0. The molecule has 2 aliphatic rings. The first kappa shape index (κ1) is 18.6. The van der Waals surface area contributed by atoms with Crippen LogP contribution >= 0.6 is 0 Å². The molecule has 3 rings (SSSR count). The minimum atomic E-state index is -3.14. The Morgan fingerprint density at radius 1 is 1.41 bits per heavy atom. The average molecular weight is 322 g/mol. The lowest BCUT2D eigenvalue weighted by atomic mass is 10.1. The van der Waals surface area contributed by atoms with Crippen molar-refractivity contribution in [1.29, 1.82) is 0 Å². The molecule has 3 nitrogen and oxygen atoms in total. The second kappa shape index (κ2) is 6.38. The zero-order chi connectivity index (χ0) is 15.9. The van der Waals surface area contributed by atoms with Crippen LogP contribution in [-0.4, -0.2) is 15.6 Å². The standard InChI is InChI=1S/C11H10F4N2O.C3H8.CH4/c1-4(18)3-17-9-7(8(16-17)10(12)13)5-2-6(5)11(9,14)15;1-3-2;/h5-6,10H,2-3H2,1H3;3H2,1-2H3;1H4. The first-order chi connectivity index (χ1) is 9.75. The normalized spacial score (nSPS) is 23.1. The van der Waals surface area contributed by atoms with Gasteiger partial charge in [0.05, 0.1) is 6.54 Å². The third-order valence-corrected chi connectivity index (χ3v) is 3.54. The molecule has 1 heterocycles. The summed E-state index contributed by atoms with van der Waals surface area (Å²) in [5.74, 6) is -4.94. The van der Waals surface area contributed by atoms with E-state index in [1.807, 2.05) is 0 Å². The minimum Gasteiger partial charge on any atom is -0.298 e. The number of rotatable bonds is 3. The van der Waals surface area contributed by atoms with Gasteiger partial charge in [0.15, 0.2) is 5.78 Å². The van der Waals surface area contributed by atoms with Crippen LogP contribution < -0.4 is 0 Å². The van der Waals surface area contributed by atoms with E-state index in [2.05, 4.69) is 18.9 Å². The Balaban J connectivity index is 0.000000562. The Labute approximate surface area is 127 Å². The number of aromatic nitrogens is 2. The van der Waals surface area contributed by atoms with Gasteiger partial charge in [-0.25, -0.2) is 8.78 Å². The van der Waals surface area contributed by atoms with E-state index in [0.717, 1.165) is 4.68 Å². The molecule has 0 aromatic carbocycles. The third kappa shape index (κ3) is 2.90. The number of nitrogens with zero attached hydrogens (tertiary/aromatic N) is 2. The van der Waals surface area contributed by atoms with Crippen LogP contribution in [0.3, 0.4) is 0 Å². The van der Waals surface area contributed by atoms with Crippen LogP contribution in [0.1, 0.15) is 70.3 Å². The largest absolute Gasteiger partial charge is 0.298 e. The summed E-state index contributed by atoms with van der Waals surface area (Å²) < 4.78 is 54.3. The second-order valence-corrected chi connectivity index (χ2v) is 5.59. The predicted octanol–water partition coefficient (Wildman–Crippen LogP) is 4.67. The minimum absolute atomic E-state index is 0. The highest BCUT2D eigenvalue weighted by molar-refractivity contribution is 5.75. The molecule has 0 bridgehead atoms. The number of fused-ring (bicyclic) bond motifs is 3. The fourth-order valence-corrected chi connectivity index (χ4v) is 2.79.